The number of carbonyl (C=O) groups excluding carboxylic acids is 1. The van der Waals surface area contributed by atoms with Gasteiger partial charge in [0.2, 0.25) is 11.0 Å². The van der Waals surface area contributed by atoms with E-state index in [0.717, 1.165) is 11.6 Å². The molecule has 21 heavy (non-hydrogen) atoms. The predicted octanol–water partition coefficient (Wildman–Crippen LogP) is 2.30. The fourth-order valence-corrected chi connectivity index (χ4v) is 2.81. The smallest absolute Gasteiger partial charge is 0.234 e. The first-order valence-electron chi connectivity index (χ1n) is 7.02. The highest BCUT2D eigenvalue weighted by Gasteiger charge is 2.14. The maximum atomic E-state index is 11.7. The molecule has 1 aromatic heterocycles. The Bertz CT molecular complexity index is 517. The van der Waals surface area contributed by atoms with Gasteiger partial charge in [-0.1, -0.05) is 18.3 Å². The van der Waals surface area contributed by atoms with Crippen molar-refractivity contribution in [3.05, 3.63) is 3.95 Å². The SMILES string of the molecule is CCCNC(=O)CN(C)Cn1nc(NC(C)(C)C)sc1=S. The first kappa shape index (κ1) is 18.1. The van der Waals surface area contributed by atoms with Crippen LogP contribution in [0.25, 0.3) is 0 Å². The molecule has 1 aromatic rings. The van der Waals surface area contributed by atoms with Gasteiger partial charge in [0.15, 0.2) is 3.95 Å². The van der Waals surface area contributed by atoms with Gasteiger partial charge in [0.05, 0.1) is 13.2 Å². The molecule has 0 aliphatic carbocycles. The Balaban J connectivity index is 2.58. The average molecular weight is 332 g/mol. The quantitative estimate of drug-likeness (QED) is 0.751. The summed E-state index contributed by atoms with van der Waals surface area (Å²) in [5, 5.41) is 11.4. The lowest BCUT2D eigenvalue weighted by Crippen LogP contribution is -2.36. The van der Waals surface area contributed by atoms with E-state index in [1.165, 1.54) is 11.3 Å². The highest BCUT2D eigenvalue weighted by atomic mass is 32.1. The van der Waals surface area contributed by atoms with Crippen LogP contribution >= 0.6 is 23.6 Å². The topological polar surface area (TPSA) is 62.2 Å². The van der Waals surface area contributed by atoms with Gasteiger partial charge in [0, 0.05) is 12.1 Å². The van der Waals surface area contributed by atoms with Gasteiger partial charge in [-0.2, -0.15) is 0 Å². The number of hydrogen-bond acceptors (Lipinski definition) is 6. The number of nitrogens with zero attached hydrogens (tertiary/aromatic N) is 3. The van der Waals surface area contributed by atoms with Crippen LogP contribution in [-0.4, -0.2) is 46.3 Å². The molecule has 6 nitrogen and oxygen atoms in total. The van der Waals surface area contributed by atoms with E-state index in [1.54, 1.807) is 4.68 Å². The number of aromatic nitrogens is 2. The molecule has 120 valence electrons. The molecule has 0 bridgehead atoms. The van der Waals surface area contributed by atoms with Gasteiger partial charge in [-0.15, -0.1) is 5.10 Å². The van der Waals surface area contributed by atoms with E-state index in [1.807, 2.05) is 18.9 Å². The minimum atomic E-state index is -0.0522. The monoisotopic (exact) mass is 331 g/mol. The molecule has 0 aromatic carbocycles. The Morgan fingerprint density at radius 1 is 1.48 bits per heavy atom. The molecule has 0 atom stereocenters. The molecule has 0 spiro atoms. The molecule has 8 heteroatoms. The van der Waals surface area contributed by atoms with Crippen molar-refractivity contribution in [2.24, 2.45) is 0 Å². The van der Waals surface area contributed by atoms with Crippen LogP contribution in [0.2, 0.25) is 0 Å². The number of hydrogen-bond donors (Lipinski definition) is 2. The van der Waals surface area contributed by atoms with Gasteiger partial charge in [-0.3, -0.25) is 9.69 Å². The van der Waals surface area contributed by atoms with Crippen LogP contribution in [0.3, 0.4) is 0 Å². The largest absolute Gasteiger partial charge is 0.356 e. The molecular formula is C13H25N5OS2. The molecule has 1 rings (SSSR count). The molecule has 0 saturated heterocycles. The standard InChI is InChI=1S/C13H25N5OS2/c1-6-7-14-10(19)8-17(5)9-18-12(20)21-11(16-18)15-13(2,3)4/h6-9H2,1-5H3,(H,14,19)(H,15,16). The van der Waals surface area contributed by atoms with Crippen molar-refractivity contribution in [3.63, 3.8) is 0 Å². The first-order valence-corrected chi connectivity index (χ1v) is 8.25. The van der Waals surface area contributed by atoms with Gasteiger partial charge >= 0.3 is 0 Å². The van der Waals surface area contributed by atoms with Crippen molar-refractivity contribution < 1.29 is 4.79 Å². The molecule has 0 saturated carbocycles. The third-order valence-corrected chi connectivity index (χ3v) is 3.67. The lowest BCUT2D eigenvalue weighted by molar-refractivity contribution is -0.122. The Kier molecular flexibility index (Phi) is 6.76. The van der Waals surface area contributed by atoms with Crippen LogP contribution < -0.4 is 10.6 Å². The van der Waals surface area contributed by atoms with Crippen molar-refractivity contribution in [1.29, 1.82) is 0 Å². The average Bonchev–Trinajstić information content (AvgIpc) is 2.64. The van der Waals surface area contributed by atoms with Crippen molar-refractivity contribution in [2.75, 3.05) is 25.5 Å². The maximum absolute atomic E-state index is 11.7. The van der Waals surface area contributed by atoms with Crippen LogP contribution in [0.1, 0.15) is 34.1 Å². The highest BCUT2D eigenvalue weighted by molar-refractivity contribution is 7.73. The summed E-state index contributed by atoms with van der Waals surface area (Å²) in [6.07, 6.45) is 0.939. The minimum absolute atomic E-state index is 0.0223. The summed E-state index contributed by atoms with van der Waals surface area (Å²) in [6.45, 7) is 9.80. The van der Waals surface area contributed by atoms with Crippen LogP contribution in [0, 0.1) is 3.95 Å². The van der Waals surface area contributed by atoms with Crippen LogP contribution in [-0.2, 0) is 11.5 Å². The van der Waals surface area contributed by atoms with E-state index in [2.05, 4.69) is 36.5 Å². The second-order valence-corrected chi connectivity index (χ2v) is 7.68. The zero-order valence-electron chi connectivity index (χ0n) is 13.4. The van der Waals surface area contributed by atoms with Crippen LogP contribution in [0.4, 0.5) is 5.13 Å². The molecule has 1 heterocycles. The van der Waals surface area contributed by atoms with Crippen molar-refractivity contribution in [3.8, 4) is 0 Å². The van der Waals surface area contributed by atoms with Crippen molar-refractivity contribution in [2.45, 2.75) is 46.3 Å². The lowest BCUT2D eigenvalue weighted by Gasteiger charge is -2.19. The normalized spacial score (nSPS) is 11.7. The molecule has 0 unspecified atom stereocenters. The summed E-state index contributed by atoms with van der Waals surface area (Å²) >= 11 is 6.76. The fourth-order valence-electron chi connectivity index (χ4n) is 1.61. The Morgan fingerprint density at radius 3 is 2.71 bits per heavy atom. The summed E-state index contributed by atoms with van der Waals surface area (Å²) < 4.78 is 2.43. The molecule has 1 amide bonds. The maximum Gasteiger partial charge on any atom is 0.234 e. The van der Waals surface area contributed by atoms with E-state index < -0.39 is 0 Å². The van der Waals surface area contributed by atoms with Gasteiger partial charge in [-0.25, -0.2) is 4.68 Å². The first-order chi connectivity index (χ1) is 9.71. The lowest BCUT2D eigenvalue weighted by atomic mass is 10.1. The summed E-state index contributed by atoms with van der Waals surface area (Å²) in [5.41, 5.74) is -0.0522. The third kappa shape index (κ3) is 7.01. The van der Waals surface area contributed by atoms with Crippen LogP contribution in [0.15, 0.2) is 0 Å². The Morgan fingerprint density at radius 2 is 2.14 bits per heavy atom. The zero-order chi connectivity index (χ0) is 16.0. The number of rotatable bonds is 7. The van der Waals surface area contributed by atoms with E-state index in [0.29, 0.717) is 23.7 Å². The second-order valence-electron chi connectivity index (χ2n) is 6.05. The molecule has 0 fully saturated rings. The summed E-state index contributed by atoms with van der Waals surface area (Å²) in [6, 6.07) is 0. The number of anilines is 1. The van der Waals surface area contributed by atoms with Gasteiger partial charge in [0.1, 0.15) is 0 Å². The second kappa shape index (κ2) is 7.86. The number of likely N-dealkylation sites (N-methyl/N-ethyl adjacent to an activating group) is 1. The van der Waals surface area contributed by atoms with E-state index >= 15 is 0 Å². The van der Waals surface area contributed by atoms with Gasteiger partial charge in [-0.05, 0) is 46.5 Å². The number of carbonyl (C=O) groups is 1. The van der Waals surface area contributed by atoms with Gasteiger partial charge in [0.25, 0.3) is 0 Å². The summed E-state index contributed by atoms with van der Waals surface area (Å²) in [5.74, 6) is 0.0223. The summed E-state index contributed by atoms with van der Waals surface area (Å²) in [4.78, 5) is 13.6. The molecule has 0 aliphatic rings. The van der Waals surface area contributed by atoms with E-state index in [4.69, 9.17) is 12.2 Å². The molecule has 0 aliphatic heterocycles. The molecular weight excluding hydrogens is 306 g/mol. The van der Waals surface area contributed by atoms with Crippen molar-refractivity contribution >= 4 is 34.6 Å². The number of nitrogens with one attached hydrogen (secondary N) is 2. The predicted molar refractivity (Wildman–Crippen MR) is 90.2 cm³/mol. The molecule has 2 N–H and O–H groups in total. The zero-order valence-corrected chi connectivity index (χ0v) is 15.0. The van der Waals surface area contributed by atoms with Crippen LogP contribution in [0.5, 0.6) is 0 Å². The fraction of sp³-hybridized carbons (Fsp3) is 0.769. The number of amides is 1. The minimum Gasteiger partial charge on any atom is -0.356 e. The Hall–Kier alpha value is -0.990. The molecule has 0 radical (unpaired) electrons. The Labute approximate surface area is 135 Å². The van der Waals surface area contributed by atoms with Crippen molar-refractivity contribution in [1.82, 2.24) is 20.0 Å². The summed E-state index contributed by atoms with van der Waals surface area (Å²) in [7, 11) is 1.88. The highest BCUT2D eigenvalue weighted by Crippen LogP contribution is 2.19. The van der Waals surface area contributed by atoms with E-state index in [-0.39, 0.29) is 11.4 Å². The van der Waals surface area contributed by atoms with Gasteiger partial charge < -0.3 is 10.6 Å². The van der Waals surface area contributed by atoms with E-state index in [9.17, 15) is 4.79 Å². The third-order valence-electron chi connectivity index (χ3n) is 2.45.